The number of carbonyl (C=O) groups is 1. The Balaban J connectivity index is 1.77. The van der Waals surface area contributed by atoms with Gasteiger partial charge in [0.25, 0.3) is 5.91 Å². The van der Waals surface area contributed by atoms with E-state index in [1.807, 2.05) is 32.2 Å². The summed E-state index contributed by atoms with van der Waals surface area (Å²) in [6.07, 6.45) is 6.59. The normalized spacial score (nSPS) is 15.7. The molecule has 4 nitrogen and oxygen atoms in total. The Morgan fingerprint density at radius 1 is 1.29 bits per heavy atom. The molecule has 0 aromatic heterocycles. The molecule has 0 unspecified atom stereocenters. The number of hydrogen-bond donors (Lipinski definition) is 2. The third-order valence-corrected chi connectivity index (χ3v) is 3.98. The molecule has 0 atom stereocenters. The molecule has 0 aliphatic heterocycles. The maximum atomic E-state index is 12.2. The van der Waals surface area contributed by atoms with E-state index in [0.717, 1.165) is 24.1 Å². The van der Waals surface area contributed by atoms with E-state index >= 15 is 0 Å². The van der Waals surface area contributed by atoms with E-state index in [1.54, 1.807) is 0 Å². The standard InChI is InChI=1S/C17H26N2O2/c1-13-8-9-16(18-2)15(12-13)17(20)19-10-11-21-14-6-4-3-5-7-14/h8-9,12,14,18H,3-7,10-11H2,1-2H3,(H,19,20). The van der Waals surface area contributed by atoms with E-state index < -0.39 is 0 Å². The van der Waals surface area contributed by atoms with E-state index in [-0.39, 0.29) is 5.91 Å². The second-order valence-electron chi connectivity index (χ2n) is 5.69. The number of rotatable bonds is 6. The van der Waals surface area contributed by atoms with Crippen LogP contribution in [0.15, 0.2) is 18.2 Å². The van der Waals surface area contributed by atoms with Crippen LogP contribution in [-0.4, -0.2) is 32.2 Å². The van der Waals surface area contributed by atoms with Crippen molar-refractivity contribution in [3.63, 3.8) is 0 Å². The lowest BCUT2D eigenvalue weighted by Crippen LogP contribution is -2.29. The molecule has 0 radical (unpaired) electrons. The van der Waals surface area contributed by atoms with Crippen LogP contribution in [0.2, 0.25) is 0 Å². The van der Waals surface area contributed by atoms with Crippen LogP contribution in [0.4, 0.5) is 5.69 Å². The van der Waals surface area contributed by atoms with Crippen LogP contribution in [0.3, 0.4) is 0 Å². The third kappa shape index (κ3) is 4.74. The molecule has 1 fully saturated rings. The van der Waals surface area contributed by atoms with Crippen molar-refractivity contribution in [2.45, 2.75) is 45.1 Å². The molecule has 1 aromatic rings. The van der Waals surface area contributed by atoms with Gasteiger partial charge in [-0.2, -0.15) is 0 Å². The van der Waals surface area contributed by atoms with Crippen molar-refractivity contribution in [1.29, 1.82) is 0 Å². The summed E-state index contributed by atoms with van der Waals surface area (Å²) in [6.45, 7) is 3.14. The molecule has 1 aliphatic carbocycles. The molecule has 21 heavy (non-hydrogen) atoms. The van der Waals surface area contributed by atoms with Crippen LogP contribution in [0.1, 0.15) is 48.0 Å². The first kappa shape index (κ1) is 15.8. The van der Waals surface area contributed by atoms with Crippen LogP contribution in [0, 0.1) is 6.92 Å². The molecule has 0 bridgehead atoms. The SMILES string of the molecule is CNc1ccc(C)cc1C(=O)NCCOC1CCCCC1. The van der Waals surface area contributed by atoms with Crippen molar-refractivity contribution in [2.75, 3.05) is 25.5 Å². The van der Waals surface area contributed by atoms with E-state index in [2.05, 4.69) is 10.6 Å². The molecule has 2 N–H and O–H groups in total. The zero-order chi connectivity index (χ0) is 15.1. The summed E-state index contributed by atoms with van der Waals surface area (Å²) in [7, 11) is 1.83. The second kappa shape index (κ2) is 8.03. The second-order valence-corrected chi connectivity index (χ2v) is 5.69. The fourth-order valence-corrected chi connectivity index (χ4v) is 2.78. The lowest BCUT2D eigenvalue weighted by Gasteiger charge is -2.22. The number of aryl methyl sites for hydroxylation is 1. The van der Waals surface area contributed by atoms with Gasteiger partial charge in [0.05, 0.1) is 18.3 Å². The first-order chi connectivity index (χ1) is 10.2. The van der Waals surface area contributed by atoms with E-state index in [9.17, 15) is 4.79 Å². The fourth-order valence-electron chi connectivity index (χ4n) is 2.78. The number of ether oxygens (including phenoxy) is 1. The predicted molar refractivity (Wildman–Crippen MR) is 85.9 cm³/mol. The Bertz CT molecular complexity index is 468. The summed E-state index contributed by atoms with van der Waals surface area (Å²) >= 11 is 0. The molecular formula is C17H26N2O2. The summed E-state index contributed by atoms with van der Waals surface area (Å²) < 4.78 is 5.82. The number of amides is 1. The topological polar surface area (TPSA) is 50.4 Å². The Morgan fingerprint density at radius 2 is 2.05 bits per heavy atom. The van der Waals surface area contributed by atoms with E-state index in [0.29, 0.717) is 24.8 Å². The predicted octanol–water partition coefficient (Wildman–Crippen LogP) is 3.12. The summed E-state index contributed by atoms with van der Waals surface area (Å²) in [5, 5.41) is 5.99. The van der Waals surface area contributed by atoms with Gasteiger partial charge in [0.1, 0.15) is 0 Å². The first-order valence-corrected chi connectivity index (χ1v) is 7.89. The van der Waals surface area contributed by atoms with Gasteiger partial charge in [-0.25, -0.2) is 0 Å². The molecule has 2 rings (SSSR count). The van der Waals surface area contributed by atoms with Crippen LogP contribution < -0.4 is 10.6 Å². The quantitative estimate of drug-likeness (QED) is 0.791. The average molecular weight is 290 g/mol. The number of anilines is 1. The highest BCUT2D eigenvalue weighted by Crippen LogP contribution is 2.20. The van der Waals surface area contributed by atoms with Crippen molar-refractivity contribution in [3.05, 3.63) is 29.3 Å². The Kier molecular flexibility index (Phi) is 6.05. The first-order valence-electron chi connectivity index (χ1n) is 7.89. The van der Waals surface area contributed by atoms with Crippen molar-refractivity contribution < 1.29 is 9.53 Å². The molecular weight excluding hydrogens is 264 g/mol. The third-order valence-electron chi connectivity index (χ3n) is 3.98. The smallest absolute Gasteiger partial charge is 0.253 e. The summed E-state index contributed by atoms with van der Waals surface area (Å²) in [5.74, 6) is -0.0460. The van der Waals surface area contributed by atoms with Gasteiger partial charge < -0.3 is 15.4 Å². The van der Waals surface area contributed by atoms with Gasteiger partial charge in [0, 0.05) is 19.3 Å². The van der Waals surface area contributed by atoms with Gasteiger partial charge >= 0.3 is 0 Å². The molecule has 0 spiro atoms. The lowest BCUT2D eigenvalue weighted by atomic mass is 9.98. The monoisotopic (exact) mass is 290 g/mol. The van der Waals surface area contributed by atoms with Crippen molar-refractivity contribution in [1.82, 2.24) is 5.32 Å². The highest BCUT2D eigenvalue weighted by atomic mass is 16.5. The maximum Gasteiger partial charge on any atom is 0.253 e. The molecule has 4 heteroatoms. The van der Waals surface area contributed by atoms with Gasteiger partial charge in [0.15, 0.2) is 0 Å². The van der Waals surface area contributed by atoms with Gasteiger partial charge in [-0.3, -0.25) is 4.79 Å². The number of nitrogens with one attached hydrogen (secondary N) is 2. The number of hydrogen-bond acceptors (Lipinski definition) is 3. The van der Waals surface area contributed by atoms with Crippen LogP contribution in [0.25, 0.3) is 0 Å². The zero-order valence-electron chi connectivity index (χ0n) is 13.1. The van der Waals surface area contributed by atoms with Gasteiger partial charge in [-0.15, -0.1) is 0 Å². The Labute approximate surface area is 127 Å². The van der Waals surface area contributed by atoms with Crippen LogP contribution >= 0.6 is 0 Å². The average Bonchev–Trinajstić information content (AvgIpc) is 2.52. The van der Waals surface area contributed by atoms with Crippen molar-refractivity contribution in [3.8, 4) is 0 Å². The molecule has 0 heterocycles. The number of benzene rings is 1. The maximum absolute atomic E-state index is 12.2. The highest BCUT2D eigenvalue weighted by molar-refractivity contribution is 5.99. The molecule has 1 aliphatic rings. The lowest BCUT2D eigenvalue weighted by molar-refractivity contribution is 0.0299. The molecule has 0 saturated heterocycles. The Hall–Kier alpha value is -1.55. The van der Waals surface area contributed by atoms with Crippen molar-refractivity contribution >= 4 is 11.6 Å². The highest BCUT2D eigenvalue weighted by Gasteiger charge is 2.14. The minimum absolute atomic E-state index is 0.0460. The van der Waals surface area contributed by atoms with Crippen LogP contribution in [0.5, 0.6) is 0 Å². The Morgan fingerprint density at radius 3 is 2.76 bits per heavy atom. The van der Waals surface area contributed by atoms with E-state index in [4.69, 9.17) is 4.74 Å². The van der Waals surface area contributed by atoms with Gasteiger partial charge in [-0.1, -0.05) is 30.9 Å². The summed E-state index contributed by atoms with van der Waals surface area (Å²) in [6, 6.07) is 5.83. The van der Waals surface area contributed by atoms with Gasteiger partial charge in [-0.05, 0) is 31.9 Å². The summed E-state index contributed by atoms with van der Waals surface area (Å²) in [4.78, 5) is 12.2. The van der Waals surface area contributed by atoms with Gasteiger partial charge in [0.2, 0.25) is 0 Å². The fraction of sp³-hybridized carbons (Fsp3) is 0.588. The largest absolute Gasteiger partial charge is 0.387 e. The zero-order valence-corrected chi connectivity index (χ0v) is 13.1. The van der Waals surface area contributed by atoms with Crippen LogP contribution in [-0.2, 0) is 4.74 Å². The van der Waals surface area contributed by atoms with E-state index in [1.165, 1.54) is 19.3 Å². The minimum Gasteiger partial charge on any atom is -0.387 e. The molecule has 1 saturated carbocycles. The molecule has 1 amide bonds. The van der Waals surface area contributed by atoms with Crippen molar-refractivity contribution in [2.24, 2.45) is 0 Å². The number of carbonyl (C=O) groups excluding carboxylic acids is 1. The summed E-state index contributed by atoms with van der Waals surface area (Å²) in [5.41, 5.74) is 2.62. The minimum atomic E-state index is -0.0460. The molecule has 116 valence electrons. The molecule has 1 aromatic carbocycles.